The zero-order chi connectivity index (χ0) is 18.0. The van der Waals surface area contributed by atoms with E-state index in [9.17, 15) is 5.11 Å². The van der Waals surface area contributed by atoms with E-state index in [0.29, 0.717) is 39.1 Å². The standard InChI is InChI=1S/C18H30O7/c1-18(2)24-14-17(25-18)12-22-10-15(19)9-20-7-5-3-4-6-8-21-11-16-13-23-16/h3-6,15-17,19H,7-14H2,1-2H3/b5-3+,6-4+. The lowest BCUT2D eigenvalue weighted by atomic mass is 10.4. The largest absolute Gasteiger partial charge is 0.388 e. The summed E-state index contributed by atoms with van der Waals surface area (Å²) in [5, 5.41) is 9.79. The third kappa shape index (κ3) is 10.1. The van der Waals surface area contributed by atoms with E-state index in [0.717, 1.165) is 6.61 Å². The minimum Gasteiger partial charge on any atom is -0.388 e. The second kappa shape index (κ2) is 11.0. The van der Waals surface area contributed by atoms with Gasteiger partial charge in [-0.1, -0.05) is 24.3 Å². The molecule has 3 atom stereocenters. The monoisotopic (exact) mass is 358 g/mol. The van der Waals surface area contributed by atoms with Crippen molar-refractivity contribution in [3.63, 3.8) is 0 Å². The van der Waals surface area contributed by atoms with Crippen LogP contribution in [0.25, 0.3) is 0 Å². The van der Waals surface area contributed by atoms with Crippen LogP contribution in [0.2, 0.25) is 0 Å². The first kappa shape index (κ1) is 20.5. The van der Waals surface area contributed by atoms with Gasteiger partial charge >= 0.3 is 0 Å². The van der Waals surface area contributed by atoms with Crippen LogP contribution in [0.5, 0.6) is 0 Å². The molecule has 1 N–H and O–H groups in total. The maximum Gasteiger partial charge on any atom is 0.163 e. The molecule has 0 spiro atoms. The molecule has 2 saturated heterocycles. The first-order chi connectivity index (χ1) is 12.1. The Labute approximate surface area is 149 Å². The molecule has 3 unspecified atom stereocenters. The van der Waals surface area contributed by atoms with Gasteiger partial charge < -0.3 is 33.5 Å². The molecular formula is C18H30O7. The van der Waals surface area contributed by atoms with Crippen molar-refractivity contribution in [1.82, 2.24) is 0 Å². The average Bonchev–Trinajstić information content (AvgIpc) is 3.32. The van der Waals surface area contributed by atoms with Crippen LogP contribution in [-0.2, 0) is 28.4 Å². The van der Waals surface area contributed by atoms with Gasteiger partial charge in [0.15, 0.2) is 5.79 Å². The SMILES string of the molecule is CC1(C)OCC(COCC(O)COC/C=C/C=C/COCC2CO2)O1. The van der Waals surface area contributed by atoms with Crippen LogP contribution in [0.15, 0.2) is 24.3 Å². The molecule has 144 valence electrons. The van der Waals surface area contributed by atoms with Crippen molar-refractivity contribution in [3.8, 4) is 0 Å². The molecular weight excluding hydrogens is 328 g/mol. The van der Waals surface area contributed by atoms with Crippen LogP contribution in [0, 0.1) is 0 Å². The number of hydrogen-bond acceptors (Lipinski definition) is 7. The molecule has 7 nitrogen and oxygen atoms in total. The Morgan fingerprint density at radius 2 is 1.64 bits per heavy atom. The summed E-state index contributed by atoms with van der Waals surface area (Å²) < 4.78 is 32.3. The van der Waals surface area contributed by atoms with Crippen LogP contribution in [0.1, 0.15) is 13.8 Å². The van der Waals surface area contributed by atoms with Crippen LogP contribution in [-0.4, -0.2) is 82.1 Å². The normalized spacial score (nSPS) is 26.7. The second-order valence-electron chi connectivity index (χ2n) is 6.53. The molecule has 2 aliphatic heterocycles. The van der Waals surface area contributed by atoms with Crippen molar-refractivity contribution < 1.29 is 33.5 Å². The molecule has 25 heavy (non-hydrogen) atoms. The van der Waals surface area contributed by atoms with Gasteiger partial charge in [0.25, 0.3) is 0 Å². The number of hydrogen-bond donors (Lipinski definition) is 1. The molecule has 0 aliphatic carbocycles. The maximum absolute atomic E-state index is 9.79. The van der Waals surface area contributed by atoms with E-state index in [4.69, 9.17) is 28.4 Å². The van der Waals surface area contributed by atoms with Gasteiger partial charge in [0, 0.05) is 0 Å². The predicted octanol–water partition coefficient (Wildman–Crippen LogP) is 1.06. The third-order valence-corrected chi connectivity index (χ3v) is 3.51. The highest BCUT2D eigenvalue weighted by Gasteiger charge is 2.32. The topological polar surface area (TPSA) is 78.9 Å². The molecule has 0 aromatic rings. The quantitative estimate of drug-likeness (QED) is 0.300. The fourth-order valence-corrected chi connectivity index (χ4v) is 2.20. The zero-order valence-electron chi connectivity index (χ0n) is 15.1. The highest BCUT2D eigenvalue weighted by atomic mass is 16.7. The van der Waals surface area contributed by atoms with Gasteiger partial charge in [0.2, 0.25) is 0 Å². The number of aliphatic hydroxyl groups excluding tert-OH is 1. The summed E-state index contributed by atoms with van der Waals surface area (Å²) in [5.41, 5.74) is 0. The maximum atomic E-state index is 9.79. The summed E-state index contributed by atoms with van der Waals surface area (Å²) in [6, 6.07) is 0. The van der Waals surface area contributed by atoms with Crippen molar-refractivity contribution in [2.45, 2.75) is 37.9 Å². The van der Waals surface area contributed by atoms with Crippen molar-refractivity contribution in [1.29, 1.82) is 0 Å². The van der Waals surface area contributed by atoms with Crippen molar-refractivity contribution >= 4 is 0 Å². The molecule has 0 radical (unpaired) electrons. The van der Waals surface area contributed by atoms with Gasteiger partial charge in [-0.2, -0.15) is 0 Å². The Balaban J connectivity index is 1.38. The molecule has 0 bridgehead atoms. The van der Waals surface area contributed by atoms with Crippen molar-refractivity contribution in [2.75, 3.05) is 52.9 Å². The summed E-state index contributed by atoms with van der Waals surface area (Å²) in [4.78, 5) is 0. The summed E-state index contributed by atoms with van der Waals surface area (Å²) in [7, 11) is 0. The Bertz CT molecular complexity index is 418. The van der Waals surface area contributed by atoms with Crippen molar-refractivity contribution in [2.24, 2.45) is 0 Å². The lowest BCUT2D eigenvalue weighted by Crippen LogP contribution is -2.27. The highest BCUT2D eigenvalue weighted by molar-refractivity contribution is 5.02. The second-order valence-corrected chi connectivity index (χ2v) is 6.53. The number of allylic oxidation sites excluding steroid dienone is 2. The molecule has 0 aromatic carbocycles. The van der Waals surface area contributed by atoms with Gasteiger partial charge in [0.05, 0.1) is 52.9 Å². The molecule has 0 amide bonds. The van der Waals surface area contributed by atoms with Gasteiger partial charge in [-0.3, -0.25) is 0 Å². The van der Waals surface area contributed by atoms with Gasteiger partial charge in [0.1, 0.15) is 18.3 Å². The van der Waals surface area contributed by atoms with E-state index >= 15 is 0 Å². The minimum absolute atomic E-state index is 0.0846. The zero-order valence-corrected chi connectivity index (χ0v) is 15.1. The lowest BCUT2D eigenvalue weighted by molar-refractivity contribution is -0.146. The van der Waals surface area contributed by atoms with Crippen LogP contribution in [0.3, 0.4) is 0 Å². The number of epoxide rings is 1. The van der Waals surface area contributed by atoms with Crippen molar-refractivity contribution in [3.05, 3.63) is 24.3 Å². The molecule has 0 saturated carbocycles. The van der Waals surface area contributed by atoms with E-state index in [2.05, 4.69) is 0 Å². The Morgan fingerprint density at radius 1 is 1.00 bits per heavy atom. The van der Waals surface area contributed by atoms with E-state index < -0.39 is 11.9 Å². The fraction of sp³-hybridized carbons (Fsp3) is 0.778. The van der Waals surface area contributed by atoms with Gasteiger partial charge in [-0.25, -0.2) is 0 Å². The van der Waals surface area contributed by atoms with Crippen LogP contribution < -0.4 is 0 Å². The van der Waals surface area contributed by atoms with Gasteiger partial charge in [-0.05, 0) is 13.8 Å². The molecule has 2 heterocycles. The van der Waals surface area contributed by atoms with Crippen LogP contribution >= 0.6 is 0 Å². The van der Waals surface area contributed by atoms with E-state index in [1.165, 1.54) is 0 Å². The Hall–Kier alpha value is -0.800. The van der Waals surface area contributed by atoms with E-state index in [-0.39, 0.29) is 19.3 Å². The number of ether oxygens (including phenoxy) is 6. The first-order valence-electron chi connectivity index (χ1n) is 8.71. The van der Waals surface area contributed by atoms with Crippen LogP contribution in [0.4, 0.5) is 0 Å². The van der Waals surface area contributed by atoms with E-state index in [1.807, 2.05) is 38.2 Å². The highest BCUT2D eigenvalue weighted by Crippen LogP contribution is 2.22. The summed E-state index contributed by atoms with van der Waals surface area (Å²) in [6.45, 7) is 7.59. The molecule has 0 aromatic heterocycles. The lowest BCUT2D eigenvalue weighted by Gasteiger charge is -2.17. The number of rotatable bonds is 13. The fourth-order valence-electron chi connectivity index (χ4n) is 2.20. The Kier molecular flexibility index (Phi) is 9.05. The summed E-state index contributed by atoms with van der Waals surface area (Å²) in [5.74, 6) is -0.547. The van der Waals surface area contributed by atoms with Gasteiger partial charge in [-0.15, -0.1) is 0 Å². The Morgan fingerprint density at radius 3 is 2.28 bits per heavy atom. The summed E-state index contributed by atoms with van der Waals surface area (Å²) in [6.07, 6.45) is 7.16. The predicted molar refractivity (Wildman–Crippen MR) is 91.4 cm³/mol. The third-order valence-electron chi connectivity index (χ3n) is 3.51. The molecule has 2 fully saturated rings. The van der Waals surface area contributed by atoms with E-state index in [1.54, 1.807) is 0 Å². The summed E-state index contributed by atoms with van der Waals surface area (Å²) >= 11 is 0. The first-order valence-corrected chi connectivity index (χ1v) is 8.71. The molecule has 2 rings (SSSR count). The molecule has 2 aliphatic rings. The smallest absolute Gasteiger partial charge is 0.163 e. The average molecular weight is 358 g/mol. The molecule has 7 heteroatoms. The number of aliphatic hydroxyl groups is 1. The minimum atomic E-state index is -0.655.